The quantitative estimate of drug-likeness (QED) is 0.899. The Morgan fingerprint density at radius 3 is 2.81 bits per heavy atom. The van der Waals surface area contributed by atoms with Crippen molar-refractivity contribution in [3.63, 3.8) is 0 Å². The number of fused-ring (bicyclic) bond motifs is 2. The van der Waals surface area contributed by atoms with E-state index in [1.165, 1.54) is 17.7 Å². The Morgan fingerprint density at radius 2 is 2.04 bits per heavy atom. The third-order valence-electron chi connectivity index (χ3n) is 5.19. The average molecular weight is 368 g/mol. The van der Waals surface area contributed by atoms with Gasteiger partial charge in [0.1, 0.15) is 18.2 Å². The minimum absolute atomic E-state index is 0.161. The number of hydrogen-bond acceptors (Lipinski definition) is 4. The lowest BCUT2D eigenvalue weighted by Gasteiger charge is -2.29. The Kier molecular flexibility index (Phi) is 4.90. The molecule has 1 fully saturated rings. The Balaban J connectivity index is 1.71. The second-order valence-electron chi connectivity index (χ2n) is 6.89. The molecule has 1 aromatic heterocycles. The van der Waals surface area contributed by atoms with Crippen LogP contribution < -0.4 is 4.74 Å². The van der Waals surface area contributed by atoms with Gasteiger partial charge in [0, 0.05) is 43.0 Å². The number of aromatic nitrogens is 1. The predicted octanol–water partition coefficient (Wildman–Crippen LogP) is 3.49. The summed E-state index contributed by atoms with van der Waals surface area (Å²) in [5.74, 6) is -0.541. The summed E-state index contributed by atoms with van der Waals surface area (Å²) in [5, 5.41) is 8.88. The van der Waals surface area contributed by atoms with Crippen molar-refractivity contribution in [1.82, 2.24) is 9.88 Å². The van der Waals surface area contributed by atoms with Gasteiger partial charge in [0.25, 0.3) is 0 Å². The van der Waals surface area contributed by atoms with Gasteiger partial charge >= 0.3 is 5.97 Å². The zero-order valence-electron chi connectivity index (χ0n) is 14.9. The molecule has 0 bridgehead atoms. The molecule has 5 nitrogen and oxygen atoms in total. The molecule has 0 radical (unpaired) electrons. The van der Waals surface area contributed by atoms with Crippen LogP contribution in [0, 0.1) is 5.82 Å². The number of ether oxygens (including phenoxy) is 1. The molecule has 2 aromatic rings. The van der Waals surface area contributed by atoms with Gasteiger partial charge in [0.15, 0.2) is 0 Å². The van der Waals surface area contributed by atoms with E-state index in [2.05, 4.69) is 9.88 Å². The summed E-state index contributed by atoms with van der Waals surface area (Å²) in [4.78, 5) is 17.5. The van der Waals surface area contributed by atoms with Crippen molar-refractivity contribution in [2.24, 2.45) is 0 Å². The van der Waals surface area contributed by atoms with E-state index in [4.69, 9.17) is 9.84 Å². The first-order valence-electron chi connectivity index (χ1n) is 9.15. The third kappa shape index (κ3) is 3.71. The molecule has 1 saturated heterocycles. The monoisotopic (exact) mass is 368 g/mol. The molecule has 0 spiro atoms. The maximum absolute atomic E-state index is 13.8. The van der Waals surface area contributed by atoms with Crippen molar-refractivity contribution in [3.05, 3.63) is 64.7 Å². The minimum Gasteiger partial charge on any atom is -0.487 e. The van der Waals surface area contributed by atoms with Gasteiger partial charge < -0.3 is 14.7 Å². The van der Waals surface area contributed by atoms with Crippen molar-refractivity contribution >= 4 is 11.5 Å². The normalized spacial score (nSPS) is 16.9. The van der Waals surface area contributed by atoms with Gasteiger partial charge in [-0.2, -0.15) is 0 Å². The highest BCUT2D eigenvalue weighted by atomic mass is 19.1. The van der Waals surface area contributed by atoms with Crippen molar-refractivity contribution < 1.29 is 19.0 Å². The lowest BCUT2D eigenvalue weighted by molar-refractivity contribution is -0.137. The lowest BCUT2D eigenvalue weighted by atomic mass is 9.87. The first-order chi connectivity index (χ1) is 13.1. The number of benzene rings is 1. The first-order valence-corrected chi connectivity index (χ1v) is 9.15. The number of likely N-dealkylation sites (tertiary alicyclic amines) is 1. The fourth-order valence-electron chi connectivity index (χ4n) is 3.83. The van der Waals surface area contributed by atoms with Crippen LogP contribution in [0.15, 0.2) is 42.1 Å². The molecule has 6 heteroatoms. The van der Waals surface area contributed by atoms with E-state index in [0.717, 1.165) is 48.3 Å². The van der Waals surface area contributed by atoms with E-state index in [0.29, 0.717) is 18.9 Å². The van der Waals surface area contributed by atoms with Crippen molar-refractivity contribution in [2.75, 3.05) is 19.6 Å². The molecule has 0 saturated carbocycles. The minimum atomic E-state index is -0.768. The smallest absolute Gasteiger partial charge is 0.304 e. The highest BCUT2D eigenvalue weighted by Gasteiger charge is 2.25. The second kappa shape index (κ2) is 7.48. The van der Waals surface area contributed by atoms with Crippen LogP contribution in [0.3, 0.4) is 0 Å². The molecule has 3 heterocycles. The largest absolute Gasteiger partial charge is 0.487 e. The van der Waals surface area contributed by atoms with E-state index < -0.39 is 5.97 Å². The molecule has 4 rings (SSSR count). The van der Waals surface area contributed by atoms with Crippen molar-refractivity contribution in [2.45, 2.75) is 25.9 Å². The highest BCUT2D eigenvalue weighted by molar-refractivity contribution is 5.86. The zero-order valence-corrected chi connectivity index (χ0v) is 14.9. The Morgan fingerprint density at radius 1 is 1.22 bits per heavy atom. The van der Waals surface area contributed by atoms with Crippen LogP contribution in [-0.2, 0) is 11.4 Å². The van der Waals surface area contributed by atoms with Crippen LogP contribution in [0.25, 0.3) is 5.57 Å². The first kappa shape index (κ1) is 17.7. The summed E-state index contributed by atoms with van der Waals surface area (Å²) in [6.45, 7) is 2.52. The molecule has 0 unspecified atom stereocenters. The number of carboxylic acids is 1. The Bertz CT molecular complexity index is 900. The van der Waals surface area contributed by atoms with Gasteiger partial charge in [0.05, 0.1) is 12.1 Å². The fraction of sp³-hybridized carbons (Fsp3) is 0.333. The summed E-state index contributed by atoms with van der Waals surface area (Å²) in [7, 11) is 0. The molecule has 2 aliphatic rings. The molecular formula is C21H21FN2O3. The van der Waals surface area contributed by atoms with Gasteiger partial charge in [-0.25, -0.2) is 4.39 Å². The number of rotatable bonds is 3. The number of carboxylic acid groups (broad SMARTS) is 1. The molecule has 1 aromatic carbocycles. The number of pyridine rings is 1. The van der Waals surface area contributed by atoms with Crippen LogP contribution in [-0.4, -0.2) is 40.6 Å². The Labute approximate surface area is 157 Å². The van der Waals surface area contributed by atoms with E-state index in [1.807, 2.05) is 12.1 Å². The summed E-state index contributed by atoms with van der Waals surface area (Å²) in [6, 6.07) is 8.64. The van der Waals surface area contributed by atoms with E-state index in [1.54, 1.807) is 12.3 Å². The van der Waals surface area contributed by atoms with Gasteiger partial charge in [0.2, 0.25) is 0 Å². The lowest BCUT2D eigenvalue weighted by Crippen LogP contribution is -2.33. The van der Waals surface area contributed by atoms with E-state index >= 15 is 0 Å². The average Bonchev–Trinajstić information content (AvgIpc) is 2.83. The van der Waals surface area contributed by atoms with Crippen molar-refractivity contribution in [1.29, 1.82) is 0 Å². The number of aliphatic carboxylic acids is 1. The molecule has 1 N–H and O–H groups in total. The summed E-state index contributed by atoms with van der Waals surface area (Å²) in [6.07, 6.45) is 3.60. The predicted molar refractivity (Wildman–Crippen MR) is 98.9 cm³/mol. The summed E-state index contributed by atoms with van der Waals surface area (Å²) >= 11 is 0. The van der Waals surface area contributed by atoms with Gasteiger partial charge in [-0.05, 0) is 36.6 Å². The molecule has 140 valence electrons. The zero-order chi connectivity index (χ0) is 18.8. The van der Waals surface area contributed by atoms with E-state index in [-0.39, 0.29) is 12.2 Å². The molecular weight excluding hydrogens is 347 g/mol. The van der Waals surface area contributed by atoms with Gasteiger partial charge in [-0.3, -0.25) is 9.78 Å². The number of piperidine rings is 1. The fourth-order valence-corrected chi connectivity index (χ4v) is 3.83. The van der Waals surface area contributed by atoms with E-state index in [9.17, 15) is 9.18 Å². The SMILES string of the molecule is O=C(O)CCN1CCC(=C2c3ccc(F)cc3OCc3ncccc32)CC1. The van der Waals surface area contributed by atoms with Gasteiger partial charge in [-0.1, -0.05) is 11.6 Å². The maximum Gasteiger partial charge on any atom is 0.304 e. The molecule has 27 heavy (non-hydrogen) atoms. The van der Waals surface area contributed by atoms with Gasteiger partial charge in [-0.15, -0.1) is 0 Å². The van der Waals surface area contributed by atoms with Crippen LogP contribution >= 0.6 is 0 Å². The topological polar surface area (TPSA) is 62.7 Å². The molecule has 2 aliphatic heterocycles. The number of halogens is 1. The number of carbonyl (C=O) groups is 1. The van der Waals surface area contributed by atoms with Crippen LogP contribution in [0.1, 0.15) is 36.1 Å². The summed E-state index contributed by atoms with van der Waals surface area (Å²) in [5.41, 5.74) is 5.16. The van der Waals surface area contributed by atoms with Crippen LogP contribution in [0.5, 0.6) is 5.75 Å². The second-order valence-corrected chi connectivity index (χ2v) is 6.89. The summed E-state index contributed by atoms with van der Waals surface area (Å²) < 4.78 is 19.6. The highest BCUT2D eigenvalue weighted by Crippen LogP contribution is 2.40. The van der Waals surface area contributed by atoms with Crippen LogP contribution in [0.2, 0.25) is 0 Å². The molecule has 0 amide bonds. The number of nitrogens with zero attached hydrogens (tertiary/aromatic N) is 2. The molecule has 0 atom stereocenters. The van der Waals surface area contributed by atoms with Crippen molar-refractivity contribution in [3.8, 4) is 5.75 Å². The third-order valence-corrected chi connectivity index (χ3v) is 5.19. The Hall–Kier alpha value is -2.73. The molecule has 0 aliphatic carbocycles. The van der Waals surface area contributed by atoms with Crippen LogP contribution in [0.4, 0.5) is 4.39 Å². The standard InChI is InChI=1S/C21H21FN2O3/c22-15-3-4-17-19(12-15)27-13-18-16(2-1-8-23-18)21(17)14-5-9-24(10-6-14)11-7-20(25)26/h1-4,8,12H,5-7,9-11,13H2,(H,25,26). The maximum atomic E-state index is 13.8. The number of hydrogen-bond donors (Lipinski definition) is 1.